The normalized spacial score (nSPS) is 12.3. The zero-order valence-electron chi connectivity index (χ0n) is 27.1. The molecule has 0 aliphatic carbocycles. The van der Waals surface area contributed by atoms with E-state index in [-0.39, 0.29) is 0 Å². The maximum absolute atomic E-state index is 6.60. The van der Waals surface area contributed by atoms with Gasteiger partial charge in [0.1, 0.15) is 5.58 Å². The number of nitrogens with zero attached hydrogens (tertiary/aromatic N) is 3. The van der Waals surface area contributed by atoms with E-state index in [1.54, 1.807) is 0 Å². The van der Waals surface area contributed by atoms with Crippen LogP contribution in [0.3, 0.4) is 0 Å². The summed E-state index contributed by atoms with van der Waals surface area (Å²) in [6.07, 6.45) is 0. The lowest BCUT2D eigenvalue weighted by molar-refractivity contribution is 0.651. The molecule has 5 heteroatoms. The van der Waals surface area contributed by atoms with E-state index in [0.29, 0.717) is 11.7 Å². The Kier molecular flexibility index (Phi) is 5.35. The Morgan fingerprint density at radius 3 is 1.96 bits per heavy atom. The predicted molar refractivity (Wildman–Crippen MR) is 214 cm³/mol. The molecule has 51 heavy (non-hydrogen) atoms. The van der Waals surface area contributed by atoms with Gasteiger partial charge in [0.05, 0.1) is 26.8 Å². The number of furan rings is 1. The zero-order valence-corrected chi connectivity index (χ0v) is 27.9. The lowest BCUT2D eigenvalue weighted by atomic mass is 9.97. The van der Waals surface area contributed by atoms with Gasteiger partial charge in [-0.1, -0.05) is 133 Å². The molecule has 0 N–H and O–H groups in total. The van der Waals surface area contributed by atoms with Gasteiger partial charge >= 0.3 is 0 Å². The van der Waals surface area contributed by atoms with Gasteiger partial charge in [0.15, 0.2) is 0 Å². The molecule has 0 aliphatic rings. The first-order chi connectivity index (χ1) is 25.3. The molecule has 0 fully saturated rings. The second-order valence-corrected chi connectivity index (χ2v) is 14.3. The Bertz CT molecular complexity index is 3430. The predicted octanol–water partition coefficient (Wildman–Crippen LogP) is 13.0. The summed E-state index contributed by atoms with van der Waals surface area (Å²) in [6.45, 7) is 0. The van der Waals surface area contributed by atoms with Crippen LogP contribution in [0.15, 0.2) is 156 Å². The quantitative estimate of drug-likeness (QED) is 0.184. The molecule has 0 aliphatic heterocycles. The Labute approximate surface area is 294 Å². The Morgan fingerprint density at radius 1 is 0.471 bits per heavy atom. The van der Waals surface area contributed by atoms with Gasteiger partial charge in [0.2, 0.25) is 11.7 Å². The van der Waals surface area contributed by atoms with Crippen molar-refractivity contribution in [2.45, 2.75) is 0 Å². The number of aromatic nitrogens is 3. The van der Waals surface area contributed by atoms with Crippen molar-refractivity contribution >= 4 is 108 Å². The molecule has 0 amide bonds. The lowest BCUT2D eigenvalue weighted by Crippen LogP contribution is -2.03. The fraction of sp³-hybridized carbons (Fsp3) is 0. The lowest BCUT2D eigenvalue weighted by Gasteiger charge is -2.12. The van der Waals surface area contributed by atoms with Crippen LogP contribution in [-0.2, 0) is 0 Å². The standard InChI is InChI=1S/C46H25N3OS/c1-3-15-28-26(12-1)14-11-21-32(28)42-41-33-19-7-9-22-36(33)50-45(41)48-46(47-42)49-35-25-24-27-13-2-4-16-29(27)39(35)40-31-18-6-5-17-30(31)38-34-20-8-10-23-37(34)51-44(38)43(40)49/h1-25H. The summed E-state index contributed by atoms with van der Waals surface area (Å²) in [5.41, 5.74) is 5.48. The third-order valence-corrected chi connectivity index (χ3v) is 11.8. The maximum atomic E-state index is 6.60. The van der Waals surface area contributed by atoms with Gasteiger partial charge in [-0.2, -0.15) is 4.98 Å². The molecular weight excluding hydrogens is 643 g/mol. The summed E-state index contributed by atoms with van der Waals surface area (Å²) in [7, 11) is 0. The largest absolute Gasteiger partial charge is 0.437 e. The van der Waals surface area contributed by atoms with Gasteiger partial charge < -0.3 is 4.42 Å². The van der Waals surface area contributed by atoms with E-state index in [4.69, 9.17) is 14.4 Å². The van der Waals surface area contributed by atoms with Gasteiger partial charge in [-0.3, -0.25) is 4.57 Å². The van der Waals surface area contributed by atoms with Crippen molar-refractivity contribution in [3.05, 3.63) is 152 Å². The number of rotatable bonds is 2. The van der Waals surface area contributed by atoms with Gasteiger partial charge in [0, 0.05) is 37.2 Å². The highest BCUT2D eigenvalue weighted by atomic mass is 32.1. The SMILES string of the molecule is c1ccc2c(-c3nc(-n4c5ccc6ccccc6c5c5c6ccccc6c6c7ccccc7sc6c54)nc4oc5ccccc5c34)cccc2c1. The van der Waals surface area contributed by atoms with Crippen molar-refractivity contribution < 1.29 is 4.42 Å². The number of fused-ring (bicyclic) bond motifs is 16. The number of benzene rings is 8. The molecule has 236 valence electrons. The van der Waals surface area contributed by atoms with Crippen LogP contribution in [0, 0.1) is 0 Å². The van der Waals surface area contributed by atoms with E-state index < -0.39 is 0 Å². The smallest absolute Gasteiger partial charge is 0.238 e. The van der Waals surface area contributed by atoms with E-state index in [9.17, 15) is 0 Å². The second kappa shape index (κ2) is 10.0. The summed E-state index contributed by atoms with van der Waals surface area (Å²) < 4.78 is 11.4. The molecule has 4 nitrogen and oxygen atoms in total. The van der Waals surface area contributed by atoms with E-state index in [0.717, 1.165) is 49.4 Å². The molecule has 0 radical (unpaired) electrons. The van der Waals surface area contributed by atoms with E-state index in [1.807, 2.05) is 23.5 Å². The molecule has 0 atom stereocenters. The van der Waals surface area contributed by atoms with Gasteiger partial charge in [-0.15, -0.1) is 11.3 Å². The van der Waals surface area contributed by atoms with Crippen LogP contribution >= 0.6 is 11.3 Å². The van der Waals surface area contributed by atoms with E-state index in [1.165, 1.54) is 52.5 Å². The first-order valence-electron chi connectivity index (χ1n) is 17.2. The highest BCUT2D eigenvalue weighted by molar-refractivity contribution is 7.27. The Balaban J connectivity index is 1.34. The average Bonchev–Trinajstić information content (AvgIpc) is 3.87. The highest BCUT2D eigenvalue weighted by Crippen LogP contribution is 2.49. The molecule has 0 unspecified atom stereocenters. The summed E-state index contributed by atoms with van der Waals surface area (Å²) in [5, 5.41) is 14.1. The zero-order chi connectivity index (χ0) is 33.2. The minimum atomic E-state index is 0.577. The van der Waals surface area contributed by atoms with Crippen molar-refractivity contribution in [1.82, 2.24) is 14.5 Å². The van der Waals surface area contributed by atoms with E-state index >= 15 is 0 Å². The third kappa shape index (κ3) is 3.63. The molecule has 0 saturated carbocycles. The van der Waals surface area contributed by atoms with Crippen molar-refractivity contribution in [3.8, 4) is 17.2 Å². The van der Waals surface area contributed by atoms with Gasteiger partial charge in [-0.05, 0) is 50.5 Å². The summed E-state index contributed by atoms with van der Waals surface area (Å²) in [5.74, 6) is 0.591. The second-order valence-electron chi connectivity index (χ2n) is 13.3. The van der Waals surface area contributed by atoms with Crippen LogP contribution < -0.4 is 0 Å². The molecule has 12 aromatic rings. The third-order valence-electron chi connectivity index (χ3n) is 10.6. The van der Waals surface area contributed by atoms with Crippen LogP contribution in [0.4, 0.5) is 0 Å². The molecule has 8 aromatic carbocycles. The van der Waals surface area contributed by atoms with Crippen LogP contribution in [0.5, 0.6) is 0 Å². The van der Waals surface area contributed by atoms with Crippen LogP contribution in [0.1, 0.15) is 0 Å². The minimum Gasteiger partial charge on any atom is -0.437 e. The Hall–Kier alpha value is -6.56. The molecule has 0 spiro atoms. The molecule has 4 aromatic heterocycles. The first-order valence-corrected chi connectivity index (χ1v) is 18.0. The fourth-order valence-corrected chi connectivity index (χ4v) is 9.74. The summed E-state index contributed by atoms with van der Waals surface area (Å²) >= 11 is 1.85. The van der Waals surface area contributed by atoms with Crippen molar-refractivity contribution in [1.29, 1.82) is 0 Å². The van der Waals surface area contributed by atoms with Crippen molar-refractivity contribution in [2.75, 3.05) is 0 Å². The number of para-hydroxylation sites is 1. The highest BCUT2D eigenvalue weighted by Gasteiger charge is 2.26. The van der Waals surface area contributed by atoms with Crippen molar-refractivity contribution in [2.24, 2.45) is 0 Å². The van der Waals surface area contributed by atoms with Crippen LogP contribution in [-0.4, -0.2) is 14.5 Å². The Morgan fingerprint density at radius 2 is 1.12 bits per heavy atom. The van der Waals surface area contributed by atoms with Crippen LogP contribution in [0.2, 0.25) is 0 Å². The molecule has 4 heterocycles. The van der Waals surface area contributed by atoms with Crippen LogP contribution in [0.25, 0.3) is 114 Å². The molecule has 0 bridgehead atoms. The van der Waals surface area contributed by atoms with Gasteiger partial charge in [0.25, 0.3) is 0 Å². The number of hydrogen-bond acceptors (Lipinski definition) is 4. The van der Waals surface area contributed by atoms with Crippen molar-refractivity contribution in [3.63, 3.8) is 0 Å². The maximum Gasteiger partial charge on any atom is 0.238 e. The summed E-state index contributed by atoms with van der Waals surface area (Å²) in [4.78, 5) is 10.9. The summed E-state index contributed by atoms with van der Waals surface area (Å²) in [6, 6.07) is 54.0. The monoisotopic (exact) mass is 667 g/mol. The molecule has 0 saturated heterocycles. The molecule has 12 rings (SSSR count). The molecular formula is C46H25N3OS. The fourth-order valence-electron chi connectivity index (χ4n) is 8.48. The first kappa shape index (κ1) is 27.3. The number of thiophene rings is 1. The number of hydrogen-bond donors (Lipinski definition) is 0. The minimum absolute atomic E-state index is 0.577. The van der Waals surface area contributed by atoms with E-state index in [2.05, 4.69) is 144 Å². The van der Waals surface area contributed by atoms with Gasteiger partial charge in [-0.25, -0.2) is 4.98 Å². The topological polar surface area (TPSA) is 43.9 Å². The average molecular weight is 668 g/mol.